The highest BCUT2D eigenvalue weighted by atomic mass is 16.5. The standard InChI is InChI=1S/C15H29N2O4/c1-14-13-16(5-7-20-11-9-18-3)15(2)17(14)6-8-21-12-10-19-4/h13H,5-12H2,1-4H3/q+1. The number of nitrogens with zero attached hydrogens (tertiary/aromatic N) is 2. The Morgan fingerprint density at radius 3 is 2.14 bits per heavy atom. The zero-order chi connectivity index (χ0) is 15.5. The zero-order valence-corrected chi connectivity index (χ0v) is 13.8. The van der Waals surface area contributed by atoms with Crippen molar-refractivity contribution in [2.75, 3.05) is 53.9 Å². The third-order valence-electron chi connectivity index (χ3n) is 3.37. The van der Waals surface area contributed by atoms with E-state index in [1.807, 2.05) is 0 Å². The van der Waals surface area contributed by atoms with E-state index in [0.717, 1.165) is 13.1 Å². The van der Waals surface area contributed by atoms with E-state index in [2.05, 4.69) is 29.2 Å². The highest BCUT2D eigenvalue weighted by molar-refractivity contribution is 4.95. The number of aryl methyl sites for hydroxylation is 1. The fourth-order valence-electron chi connectivity index (χ4n) is 2.17. The molecule has 0 aliphatic rings. The Labute approximate surface area is 127 Å². The molecule has 6 nitrogen and oxygen atoms in total. The molecule has 1 aromatic heterocycles. The van der Waals surface area contributed by atoms with Crippen molar-refractivity contribution in [3.05, 3.63) is 17.7 Å². The van der Waals surface area contributed by atoms with Gasteiger partial charge in [-0.25, -0.2) is 9.13 Å². The predicted molar refractivity (Wildman–Crippen MR) is 79.5 cm³/mol. The summed E-state index contributed by atoms with van der Waals surface area (Å²) in [4.78, 5) is 0. The summed E-state index contributed by atoms with van der Waals surface area (Å²) < 4.78 is 25.4. The Morgan fingerprint density at radius 2 is 1.52 bits per heavy atom. The van der Waals surface area contributed by atoms with Crippen LogP contribution in [0.15, 0.2) is 6.20 Å². The van der Waals surface area contributed by atoms with E-state index in [-0.39, 0.29) is 0 Å². The minimum atomic E-state index is 0.641. The molecule has 0 spiro atoms. The Bertz CT molecular complexity index is 393. The average molecular weight is 301 g/mol. The number of hydrogen-bond acceptors (Lipinski definition) is 4. The fourth-order valence-corrected chi connectivity index (χ4v) is 2.17. The third kappa shape index (κ3) is 6.56. The molecule has 0 N–H and O–H groups in total. The third-order valence-corrected chi connectivity index (χ3v) is 3.37. The first kappa shape index (κ1) is 18.1. The van der Waals surface area contributed by atoms with Gasteiger partial charge in [0.15, 0.2) is 0 Å². The van der Waals surface area contributed by atoms with Gasteiger partial charge < -0.3 is 18.9 Å². The zero-order valence-electron chi connectivity index (χ0n) is 13.8. The molecular weight excluding hydrogens is 272 g/mol. The second-order valence-corrected chi connectivity index (χ2v) is 4.87. The van der Waals surface area contributed by atoms with E-state index >= 15 is 0 Å². The number of ether oxygens (including phenoxy) is 4. The van der Waals surface area contributed by atoms with Gasteiger partial charge in [-0.3, -0.25) is 0 Å². The van der Waals surface area contributed by atoms with Crippen LogP contribution in [0.1, 0.15) is 11.5 Å². The van der Waals surface area contributed by atoms with Crippen LogP contribution < -0.4 is 4.57 Å². The van der Waals surface area contributed by atoms with Gasteiger partial charge in [0.1, 0.15) is 25.0 Å². The summed E-state index contributed by atoms with van der Waals surface area (Å²) in [7, 11) is 3.36. The molecule has 0 bridgehead atoms. The molecule has 1 heterocycles. The van der Waals surface area contributed by atoms with Crippen molar-refractivity contribution in [3.63, 3.8) is 0 Å². The van der Waals surface area contributed by atoms with Crippen molar-refractivity contribution in [2.45, 2.75) is 26.9 Å². The topological polar surface area (TPSA) is 45.7 Å². The molecule has 0 amide bonds. The van der Waals surface area contributed by atoms with Crippen LogP contribution in [-0.2, 0) is 32.0 Å². The van der Waals surface area contributed by atoms with Gasteiger partial charge in [-0.05, 0) is 0 Å². The van der Waals surface area contributed by atoms with Crippen LogP contribution in [0.5, 0.6) is 0 Å². The average Bonchev–Trinajstić information content (AvgIpc) is 2.74. The first-order valence-electron chi connectivity index (χ1n) is 7.40. The Kier molecular flexibility index (Phi) is 9.25. The molecule has 0 aliphatic carbocycles. The van der Waals surface area contributed by atoms with Gasteiger partial charge in [0.2, 0.25) is 0 Å². The second kappa shape index (κ2) is 10.7. The predicted octanol–water partition coefficient (Wildman–Crippen LogP) is 0.718. The van der Waals surface area contributed by atoms with Crippen molar-refractivity contribution in [2.24, 2.45) is 0 Å². The highest BCUT2D eigenvalue weighted by Gasteiger charge is 2.16. The summed E-state index contributed by atoms with van der Waals surface area (Å²) in [5.41, 5.74) is 1.24. The summed E-state index contributed by atoms with van der Waals surface area (Å²) in [5, 5.41) is 0. The minimum Gasteiger partial charge on any atom is -0.382 e. The molecule has 0 unspecified atom stereocenters. The van der Waals surface area contributed by atoms with E-state index in [4.69, 9.17) is 18.9 Å². The van der Waals surface area contributed by atoms with Crippen molar-refractivity contribution < 1.29 is 23.5 Å². The van der Waals surface area contributed by atoms with E-state index in [1.54, 1.807) is 14.2 Å². The van der Waals surface area contributed by atoms with Gasteiger partial charge in [-0.15, -0.1) is 0 Å². The molecular formula is C15H29N2O4+. The summed E-state index contributed by atoms with van der Waals surface area (Å²) in [5.74, 6) is 1.22. The lowest BCUT2D eigenvalue weighted by Gasteiger charge is -2.05. The number of hydrogen-bond donors (Lipinski definition) is 0. The molecule has 1 rings (SSSR count). The number of aromatic nitrogens is 2. The molecule has 0 fully saturated rings. The van der Waals surface area contributed by atoms with Gasteiger partial charge in [0.25, 0.3) is 5.82 Å². The van der Waals surface area contributed by atoms with Crippen molar-refractivity contribution in [1.29, 1.82) is 0 Å². The van der Waals surface area contributed by atoms with Crippen LogP contribution >= 0.6 is 0 Å². The summed E-state index contributed by atoms with van der Waals surface area (Å²) >= 11 is 0. The quantitative estimate of drug-likeness (QED) is 0.421. The van der Waals surface area contributed by atoms with Gasteiger partial charge >= 0.3 is 0 Å². The monoisotopic (exact) mass is 301 g/mol. The van der Waals surface area contributed by atoms with Crippen LogP contribution in [0.2, 0.25) is 0 Å². The van der Waals surface area contributed by atoms with E-state index in [0.29, 0.717) is 39.6 Å². The molecule has 0 aliphatic heterocycles. The smallest absolute Gasteiger partial charge is 0.253 e. The molecule has 0 aromatic carbocycles. The summed E-state index contributed by atoms with van der Waals surface area (Å²) in [6, 6.07) is 0. The van der Waals surface area contributed by atoms with Gasteiger partial charge in [-0.2, -0.15) is 0 Å². The highest BCUT2D eigenvalue weighted by Crippen LogP contribution is 2.01. The van der Waals surface area contributed by atoms with E-state index in [1.165, 1.54) is 11.5 Å². The van der Waals surface area contributed by atoms with Crippen LogP contribution in [0.4, 0.5) is 0 Å². The van der Waals surface area contributed by atoms with Crippen LogP contribution in [0.25, 0.3) is 0 Å². The largest absolute Gasteiger partial charge is 0.382 e. The Morgan fingerprint density at radius 1 is 0.905 bits per heavy atom. The van der Waals surface area contributed by atoms with Gasteiger partial charge in [0.05, 0.1) is 39.6 Å². The first-order chi connectivity index (χ1) is 10.2. The van der Waals surface area contributed by atoms with E-state index in [9.17, 15) is 0 Å². The maximum atomic E-state index is 5.53. The van der Waals surface area contributed by atoms with Crippen LogP contribution in [-0.4, -0.2) is 58.4 Å². The summed E-state index contributed by atoms with van der Waals surface area (Å²) in [6.07, 6.45) is 2.16. The first-order valence-corrected chi connectivity index (χ1v) is 7.40. The van der Waals surface area contributed by atoms with Crippen molar-refractivity contribution in [3.8, 4) is 0 Å². The van der Waals surface area contributed by atoms with E-state index < -0.39 is 0 Å². The second-order valence-electron chi connectivity index (χ2n) is 4.87. The van der Waals surface area contributed by atoms with Crippen LogP contribution in [0, 0.1) is 13.8 Å². The molecule has 6 heteroatoms. The van der Waals surface area contributed by atoms with Crippen molar-refractivity contribution in [1.82, 2.24) is 4.57 Å². The van der Waals surface area contributed by atoms with Crippen molar-refractivity contribution >= 4 is 0 Å². The Balaban J connectivity index is 2.36. The maximum absolute atomic E-state index is 5.53. The molecule has 0 saturated carbocycles. The SMILES string of the molecule is COCCOCCn1c(C)c[n+](CCOCCOC)c1C. The summed E-state index contributed by atoms with van der Waals surface area (Å²) in [6.45, 7) is 9.92. The number of methoxy groups -OCH3 is 2. The lowest BCUT2D eigenvalue weighted by Crippen LogP contribution is -2.38. The molecule has 0 saturated heterocycles. The van der Waals surface area contributed by atoms with Crippen LogP contribution in [0.3, 0.4) is 0 Å². The van der Waals surface area contributed by atoms with Gasteiger partial charge in [0, 0.05) is 28.1 Å². The molecule has 21 heavy (non-hydrogen) atoms. The number of rotatable bonds is 12. The molecule has 0 atom stereocenters. The fraction of sp³-hybridized carbons (Fsp3) is 0.800. The van der Waals surface area contributed by atoms with Gasteiger partial charge in [-0.1, -0.05) is 0 Å². The Hall–Kier alpha value is -0.950. The molecule has 0 radical (unpaired) electrons. The maximum Gasteiger partial charge on any atom is 0.253 e. The lowest BCUT2D eigenvalue weighted by molar-refractivity contribution is -0.704. The molecule has 122 valence electrons. The normalized spacial score (nSPS) is 11.2. The molecule has 1 aromatic rings. The minimum absolute atomic E-state index is 0.641. The number of imidazole rings is 1. The lowest BCUT2D eigenvalue weighted by atomic mass is 10.5.